The molecule has 0 amide bonds. The highest BCUT2D eigenvalue weighted by Crippen LogP contribution is 2.45. The lowest BCUT2D eigenvalue weighted by molar-refractivity contribution is -0.0264. The number of halogens is 1. The molecule has 1 spiro atoms. The molecule has 1 N–H and O–H groups in total. The summed E-state index contributed by atoms with van der Waals surface area (Å²) in [5.41, 5.74) is 4.83. The standard InChI is InChI=1S/C20H22FNO/c1-14-6-7-15-12-22-13-20(17(15)10-14)8-9-23-19(11-20)16-4-2-3-5-18(16)21/h2-7,10,19,22H,8-9,11-13H2,1H3. The van der Waals surface area contributed by atoms with Crippen LogP contribution >= 0.6 is 0 Å². The molecule has 2 atom stereocenters. The van der Waals surface area contributed by atoms with Crippen LogP contribution in [0.4, 0.5) is 4.39 Å². The van der Waals surface area contributed by atoms with Crippen LogP contribution in [0.1, 0.15) is 41.2 Å². The third kappa shape index (κ3) is 2.58. The molecular weight excluding hydrogens is 289 g/mol. The van der Waals surface area contributed by atoms with Gasteiger partial charge < -0.3 is 10.1 Å². The highest BCUT2D eigenvalue weighted by atomic mass is 19.1. The highest BCUT2D eigenvalue weighted by Gasteiger charge is 2.42. The highest BCUT2D eigenvalue weighted by molar-refractivity contribution is 5.41. The third-order valence-corrected chi connectivity index (χ3v) is 5.34. The number of nitrogens with one attached hydrogen (secondary N) is 1. The summed E-state index contributed by atoms with van der Waals surface area (Å²) in [5, 5.41) is 3.56. The summed E-state index contributed by atoms with van der Waals surface area (Å²) < 4.78 is 20.1. The van der Waals surface area contributed by atoms with E-state index in [4.69, 9.17) is 4.74 Å². The van der Waals surface area contributed by atoms with E-state index >= 15 is 0 Å². The zero-order valence-electron chi connectivity index (χ0n) is 13.4. The minimum Gasteiger partial charge on any atom is -0.373 e. The first-order chi connectivity index (χ1) is 11.2. The molecule has 1 fully saturated rings. The summed E-state index contributed by atoms with van der Waals surface area (Å²) in [6.07, 6.45) is 1.65. The fourth-order valence-corrected chi connectivity index (χ4v) is 4.12. The molecule has 0 radical (unpaired) electrons. The Morgan fingerprint density at radius 3 is 2.96 bits per heavy atom. The Kier molecular flexibility index (Phi) is 3.70. The van der Waals surface area contributed by atoms with Crippen LogP contribution in [0.3, 0.4) is 0 Å². The first-order valence-corrected chi connectivity index (χ1v) is 8.35. The normalized spacial score (nSPS) is 27.0. The zero-order valence-corrected chi connectivity index (χ0v) is 13.4. The molecule has 2 aromatic carbocycles. The zero-order chi connectivity index (χ0) is 15.9. The van der Waals surface area contributed by atoms with Crippen LogP contribution in [-0.4, -0.2) is 13.2 Å². The average Bonchev–Trinajstić information content (AvgIpc) is 2.56. The fourth-order valence-electron chi connectivity index (χ4n) is 4.12. The van der Waals surface area contributed by atoms with Crippen LogP contribution < -0.4 is 5.32 Å². The number of ether oxygens (including phenoxy) is 1. The van der Waals surface area contributed by atoms with Gasteiger partial charge in [-0.05, 0) is 37.0 Å². The van der Waals surface area contributed by atoms with Crippen LogP contribution in [0.2, 0.25) is 0 Å². The minimum absolute atomic E-state index is 0.0464. The Hall–Kier alpha value is -1.71. The van der Waals surface area contributed by atoms with Gasteiger partial charge in [-0.3, -0.25) is 0 Å². The van der Waals surface area contributed by atoms with E-state index in [0.717, 1.165) is 25.9 Å². The fraction of sp³-hybridized carbons (Fsp3) is 0.400. The number of hydrogen-bond acceptors (Lipinski definition) is 2. The molecule has 4 rings (SSSR count). The molecule has 0 bridgehead atoms. The van der Waals surface area contributed by atoms with Gasteiger partial charge in [0, 0.05) is 30.7 Å². The summed E-state index contributed by atoms with van der Waals surface area (Å²) in [6, 6.07) is 13.7. The largest absolute Gasteiger partial charge is 0.373 e. The van der Waals surface area contributed by atoms with Crippen molar-refractivity contribution in [3.8, 4) is 0 Å². The van der Waals surface area contributed by atoms with Gasteiger partial charge in [0.15, 0.2) is 0 Å². The Labute approximate surface area is 136 Å². The molecule has 0 aromatic heterocycles. The molecular formula is C20H22FNO. The number of fused-ring (bicyclic) bond motifs is 2. The van der Waals surface area contributed by atoms with Gasteiger partial charge in [0.25, 0.3) is 0 Å². The molecule has 2 aliphatic rings. The van der Waals surface area contributed by atoms with Crippen molar-refractivity contribution in [3.63, 3.8) is 0 Å². The molecule has 2 nitrogen and oxygen atoms in total. The van der Waals surface area contributed by atoms with Crippen LogP contribution in [0.25, 0.3) is 0 Å². The van der Waals surface area contributed by atoms with E-state index in [1.54, 1.807) is 6.07 Å². The van der Waals surface area contributed by atoms with Gasteiger partial charge >= 0.3 is 0 Å². The number of benzene rings is 2. The van der Waals surface area contributed by atoms with Gasteiger partial charge in [0.05, 0.1) is 6.10 Å². The molecule has 2 aromatic rings. The third-order valence-electron chi connectivity index (χ3n) is 5.34. The van der Waals surface area contributed by atoms with Gasteiger partial charge in [-0.1, -0.05) is 42.0 Å². The predicted molar refractivity (Wildman–Crippen MR) is 88.9 cm³/mol. The van der Waals surface area contributed by atoms with Gasteiger partial charge in [-0.15, -0.1) is 0 Å². The van der Waals surface area contributed by atoms with Crippen molar-refractivity contribution in [2.24, 2.45) is 0 Å². The summed E-state index contributed by atoms with van der Waals surface area (Å²) in [4.78, 5) is 0. The number of rotatable bonds is 1. The summed E-state index contributed by atoms with van der Waals surface area (Å²) in [6.45, 7) is 4.68. The molecule has 120 valence electrons. The number of aryl methyl sites for hydroxylation is 1. The lowest BCUT2D eigenvalue weighted by Gasteiger charge is -2.45. The maximum Gasteiger partial charge on any atom is 0.129 e. The summed E-state index contributed by atoms with van der Waals surface area (Å²) in [5.74, 6) is -0.164. The van der Waals surface area contributed by atoms with Crippen molar-refractivity contribution in [1.29, 1.82) is 0 Å². The second-order valence-corrected chi connectivity index (χ2v) is 6.88. The summed E-state index contributed by atoms with van der Waals surface area (Å²) in [7, 11) is 0. The SMILES string of the molecule is Cc1ccc2c(c1)C1(CCOC(c3ccccc3F)C1)CNC2. The predicted octanol–water partition coefficient (Wildman–Crippen LogP) is 4.03. The van der Waals surface area contributed by atoms with Gasteiger partial charge in [0.1, 0.15) is 5.82 Å². The van der Waals surface area contributed by atoms with E-state index in [9.17, 15) is 4.39 Å². The molecule has 2 aliphatic heterocycles. The van der Waals surface area contributed by atoms with Crippen molar-refractivity contribution in [2.45, 2.75) is 37.8 Å². The second kappa shape index (κ2) is 5.73. The Balaban J connectivity index is 1.73. The van der Waals surface area contributed by atoms with Gasteiger partial charge in [-0.25, -0.2) is 4.39 Å². The van der Waals surface area contributed by atoms with Crippen molar-refractivity contribution in [2.75, 3.05) is 13.2 Å². The van der Waals surface area contributed by atoms with E-state index in [2.05, 4.69) is 30.4 Å². The maximum absolute atomic E-state index is 14.2. The topological polar surface area (TPSA) is 21.3 Å². The smallest absolute Gasteiger partial charge is 0.129 e. The molecule has 0 saturated carbocycles. The Morgan fingerprint density at radius 2 is 2.09 bits per heavy atom. The molecule has 3 heteroatoms. The van der Waals surface area contributed by atoms with E-state index in [-0.39, 0.29) is 17.3 Å². The lowest BCUT2D eigenvalue weighted by Crippen LogP contribution is -2.47. The van der Waals surface area contributed by atoms with Crippen LogP contribution in [0.15, 0.2) is 42.5 Å². The summed E-state index contributed by atoms with van der Waals surface area (Å²) >= 11 is 0. The molecule has 2 heterocycles. The minimum atomic E-state index is -0.168. The van der Waals surface area contributed by atoms with Crippen LogP contribution in [0, 0.1) is 12.7 Å². The van der Waals surface area contributed by atoms with Crippen molar-refractivity contribution >= 4 is 0 Å². The van der Waals surface area contributed by atoms with Crippen molar-refractivity contribution < 1.29 is 9.13 Å². The van der Waals surface area contributed by atoms with Crippen LogP contribution in [-0.2, 0) is 16.7 Å². The monoisotopic (exact) mass is 311 g/mol. The quantitative estimate of drug-likeness (QED) is 0.858. The second-order valence-electron chi connectivity index (χ2n) is 6.88. The van der Waals surface area contributed by atoms with E-state index < -0.39 is 0 Å². The van der Waals surface area contributed by atoms with E-state index in [0.29, 0.717) is 12.2 Å². The molecule has 2 unspecified atom stereocenters. The average molecular weight is 311 g/mol. The Bertz CT molecular complexity index is 729. The van der Waals surface area contributed by atoms with E-state index in [1.165, 1.54) is 22.8 Å². The van der Waals surface area contributed by atoms with Gasteiger partial charge in [-0.2, -0.15) is 0 Å². The molecule has 0 aliphatic carbocycles. The number of hydrogen-bond donors (Lipinski definition) is 1. The Morgan fingerprint density at radius 1 is 1.22 bits per heavy atom. The van der Waals surface area contributed by atoms with Crippen molar-refractivity contribution in [1.82, 2.24) is 5.32 Å². The molecule has 1 saturated heterocycles. The van der Waals surface area contributed by atoms with Gasteiger partial charge in [0.2, 0.25) is 0 Å². The van der Waals surface area contributed by atoms with Crippen LogP contribution in [0.5, 0.6) is 0 Å². The first kappa shape index (κ1) is 14.9. The maximum atomic E-state index is 14.2. The first-order valence-electron chi connectivity index (χ1n) is 8.35. The van der Waals surface area contributed by atoms with E-state index in [1.807, 2.05) is 12.1 Å². The molecule has 23 heavy (non-hydrogen) atoms. The van der Waals surface area contributed by atoms with Crippen molar-refractivity contribution in [3.05, 3.63) is 70.5 Å². The lowest BCUT2D eigenvalue weighted by atomic mass is 9.68.